The fourth-order valence-corrected chi connectivity index (χ4v) is 1.88. The highest BCUT2D eigenvalue weighted by atomic mass is 35.5. The van der Waals surface area contributed by atoms with Crippen molar-refractivity contribution in [1.82, 2.24) is 0 Å². The number of nitrogens with two attached hydrogens (primary N) is 2. The number of rotatable bonds is 5. The second-order valence-corrected chi connectivity index (χ2v) is 4.81. The van der Waals surface area contributed by atoms with Crippen molar-refractivity contribution in [2.24, 2.45) is 21.7 Å². The van der Waals surface area contributed by atoms with Gasteiger partial charge in [0.05, 0.1) is 6.21 Å². The molecule has 114 valence electrons. The zero-order valence-corrected chi connectivity index (χ0v) is 12.3. The molecular weight excluding hydrogens is 307 g/mol. The number of ether oxygens (including phenoxy) is 1. The fourth-order valence-electron chi connectivity index (χ4n) is 1.70. The Hall–Kier alpha value is -2.60. The molecule has 2 aromatic rings. The molecule has 0 aliphatic heterocycles. The molecule has 22 heavy (non-hydrogen) atoms. The Kier molecular flexibility index (Phi) is 5.32. The predicted molar refractivity (Wildman–Crippen MR) is 85.6 cm³/mol. The van der Waals surface area contributed by atoms with Crippen LogP contribution in [-0.2, 0) is 6.61 Å². The van der Waals surface area contributed by atoms with Crippen molar-refractivity contribution in [3.63, 3.8) is 0 Å². The Labute approximate surface area is 132 Å². The van der Waals surface area contributed by atoms with E-state index in [2.05, 4.69) is 10.2 Å². The summed E-state index contributed by atoms with van der Waals surface area (Å²) in [6.07, 6.45) is 1.42. The summed E-state index contributed by atoms with van der Waals surface area (Å²) in [4.78, 5) is 0. The number of benzene rings is 2. The van der Waals surface area contributed by atoms with Crippen LogP contribution in [0.15, 0.2) is 52.7 Å². The maximum Gasteiger partial charge on any atom is 0.211 e. The van der Waals surface area contributed by atoms with Gasteiger partial charge in [-0.25, -0.2) is 4.39 Å². The lowest BCUT2D eigenvalue weighted by molar-refractivity contribution is 0.305. The van der Waals surface area contributed by atoms with Gasteiger partial charge in [-0.15, -0.1) is 5.10 Å². The zero-order chi connectivity index (χ0) is 15.9. The molecule has 2 aromatic carbocycles. The molecule has 0 atom stereocenters. The third-order valence-corrected chi connectivity index (χ3v) is 2.86. The smallest absolute Gasteiger partial charge is 0.211 e. The molecule has 0 aromatic heterocycles. The average molecular weight is 321 g/mol. The first-order valence-electron chi connectivity index (χ1n) is 6.33. The normalized spacial score (nSPS) is 10.6. The zero-order valence-electron chi connectivity index (χ0n) is 11.5. The Morgan fingerprint density at radius 2 is 2.05 bits per heavy atom. The predicted octanol–water partition coefficient (Wildman–Crippen LogP) is 2.67. The lowest BCUT2D eigenvalue weighted by Gasteiger charge is -2.09. The van der Waals surface area contributed by atoms with E-state index >= 15 is 0 Å². The standard InChI is InChI=1S/C15H14ClFN4O/c16-12-4-5-14(11(7-12)8-20-21-15(18)19)22-9-10-2-1-3-13(17)6-10/h1-8H,9H2,(H4,18,19,21). The van der Waals surface area contributed by atoms with E-state index < -0.39 is 0 Å². The monoisotopic (exact) mass is 320 g/mol. The molecule has 0 unspecified atom stereocenters. The highest BCUT2D eigenvalue weighted by Crippen LogP contribution is 2.22. The summed E-state index contributed by atoms with van der Waals surface area (Å²) >= 11 is 5.94. The first-order chi connectivity index (χ1) is 10.5. The van der Waals surface area contributed by atoms with Crippen LogP contribution >= 0.6 is 11.6 Å². The maximum absolute atomic E-state index is 13.1. The van der Waals surface area contributed by atoms with Gasteiger partial charge in [0.15, 0.2) is 0 Å². The van der Waals surface area contributed by atoms with Gasteiger partial charge in [-0.05, 0) is 35.9 Å². The van der Waals surface area contributed by atoms with E-state index in [1.165, 1.54) is 18.3 Å². The van der Waals surface area contributed by atoms with Crippen LogP contribution in [0.5, 0.6) is 5.75 Å². The number of hydrogen-bond donors (Lipinski definition) is 2. The van der Waals surface area contributed by atoms with Crippen LogP contribution in [0.4, 0.5) is 4.39 Å². The molecule has 2 rings (SSSR count). The Balaban J connectivity index is 2.16. The number of hydrogen-bond acceptors (Lipinski definition) is 3. The molecule has 0 saturated heterocycles. The van der Waals surface area contributed by atoms with E-state index in [0.29, 0.717) is 21.9 Å². The molecule has 0 saturated carbocycles. The number of guanidine groups is 1. The molecule has 0 amide bonds. The third kappa shape index (κ3) is 4.75. The van der Waals surface area contributed by atoms with Crippen molar-refractivity contribution in [1.29, 1.82) is 0 Å². The number of halogens is 2. The lowest BCUT2D eigenvalue weighted by atomic mass is 10.2. The summed E-state index contributed by atoms with van der Waals surface area (Å²) in [5.74, 6) is 0.0652. The third-order valence-electron chi connectivity index (χ3n) is 2.63. The molecule has 7 heteroatoms. The van der Waals surface area contributed by atoms with E-state index in [9.17, 15) is 4.39 Å². The quantitative estimate of drug-likeness (QED) is 0.504. The molecule has 0 aliphatic rings. The van der Waals surface area contributed by atoms with Gasteiger partial charge in [0.25, 0.3) is 0 Å². The van der Waals surface area contributed by atoms with Gasteiger partial charge in [-0.3, -0.25) is 0 Å². The molecule has 0 spiro atoms. The summed E-state index contributed by atoms with van der Waals surface area (Å²) in [5, 5.41) is 7.76. The molecular formula is C15H14ClFN4O. The summed E-state index contributed by atoms with van der Waals surface area (Å²) < 4.78 is 18.8. The minimum absolute atomic E-state index is 0.152. The molecule has 0 fully saturated rings. The van der Waals surface area contributed by atoms with Crippen LogP contribution in [0.3, 0.4) is 0 Å². The highest BCUT2D eigenvalue weighted by Gasteiger charge is 2.04. The highest BCUT2D eigenvalue weighted by molar-refractivity contribution is 6.30. The van der Waals surface area contributed by atoms with Crippen molar-refractivity contribution >= 4 is 23.8 Å². The second-order valence-electron chi connectivity index (χ2n) is 4.37. The van der Waals surface area contributed by atoms with Crippen molar-refractivity contribution in [2.45, 2.75) is 6.61 Å². The fraction of sp³-hybridized carbons (Fsp3) is 0.0667. The van der Waals surface area contributed by atoms with E-state index in [0.717, 1.165) is 0 Å². The van der Waals surface area contributed by atoms with Crippen LogP contribution in [0.2, 0.25) is 5.02 Å². The first kappa shape index (κ1) is 15.8. The Morgan fingerprint density at radius 3 is 2.77 bits per heavy atom. The summed E-state index contributed by atoms with van der Waals surface area (Å²) in [6.45, 7) is 0.211. The Morgan fingerprint density at radius 1 is 1.23 bits per heavy atom. The lowest BCUT2D eigenvalue weighted by Crippen LogP contribution is -2.21. The Bertz CT molecular complexity index is 714. The van der Waals surface area contributed by atoms with Crippen LogP contribution in [0, 0.1) is 5.82 Å². The van der Waals surface area contributed by atoms with E-state index in [1.807, 2.05) is 0 Å². The summed E-state index contributed by atoms with van der Waals surface area (Å²) in [7, 11) is 0. The van der Waals surface area contributed by atoms with Gasteiger partial charge in [0, 0.05) is 10.6 Å². The largest absolute Gasteiger partial charge is 0.488 e. The number of nitrogens with zero attached hydrogens (tertiary/aromatic N) is 2. The molecule has 4 N–H and O–H groups in total. The molecule has 0 bridgehead atoms. The van der Waals surface area contributed by atoms with Crippen LogP contribution in [0.25, 0.3) is 0 Å². The molecule has 0 aliphatic carbocycles. The van der Waals surface area contributed by atoms with E-state index in [1.54, 1.807) is 30.3 Å². The van der Waals surface area contributed by atoms with E-state index in [4.69, 9.17) is 27.8 Å². The average Bonchev–Trinajstić information content (AvgIpc) is 2.46. The van der Waals surface area contributed by atoms with Gasteiger partial charge in [-0.1, -0.05) is 23.7 Å². The van der Waals surface area contributed by atoms with Crippen LogP contribution in [-0.4, -0.2) is 12.2 Å². The van der Waals surface area contributed by atoms with Gasteiger partial charge in [0.2, 0.25) is 5.96 Å². The van der Waals surface area contributed by atoms with Crippen molar-refractivity contribution in [3.8, 4) is 5.75 Å². The van der Waals surface area contributed by atoms with Crippen LogP contribution in [0.1, 0.15) is 11.1 Å². The molecule has 0 radical (unpaired) electrons. The van der Waals surface area contributed by atoms with Crippen LogP contribution < -0.4 is 16.2 Å². The SMILES string of the molecule is NC(N)=NN=Cc1cc(Cl)ccc1OCc1cccc(F)c1. The summed E-state index contributed by atoms with van der Waals surface area (Å²) in [6, 6.07) is 11.2. The van der Waals surface area contributed by atoms with Gasteiger partial charge in [0.1, 0.15) is 18.2 Å². The van der Waals surface area contributed by atoms with E-state index in [-0.39, 0.29) is 18.4 Å². The first-order valence-corrected chi connectivity index (χ1v) is 6.71. The van der Waals surface area contributed by atoms with Crippen molar-refractivity contribution in [3.05, 3.63) is 64.4 Å². The van der Waals surface area contributed by atoms with Gasteiger partial charge in [-0.2, -0.15) is 5.10 Å². The molecule has 0 heterocycles. The molecule has 5 nitrogen and oxygen atoms in total. The van der Waals surface area contributed by atoms with Crippen molar-refractivity contribution in [2.75, 3.05) is 0 Å². The summed E-state index contributed by atoms with van der Waals surface area (Å²) in [5.41, 5.74) is 11.7. The van der Waals surface area contributed by atoms with Gasteiger partial charge >= 0.3 is 0 Å². The second kappa shape index (κ2) is 7.42. The van der Waals surface area contributed by atoms with Crippen molar-refractivity contribution < 1.29 is 9.13 Å². The van der Waals surface area contributed by atoms with Gasteiger partial charge < -0.3 is 16.2 Å². The topological polar surface area (TPSA) is 86.0 Å². The maximum atomic E-state index is 13.1. The minimum atomic E-state index is -0.313. The minimum Gasteiger partial charge on any atom is -0.488 e.